The van der Waals surface area contributed by atoms with Gasteiger partial charge in [0.05, 0.1) is 0 Å². The normalized spacial score (nSPS) is 15.8. The predicted molar refractivity (Wildman–Crippen MR) is 79.0 cm³/mol. The molecule has 0 aromatic heterocycles. The van der Waals surface area contributed by atoms with E-state index in [1.807, 2.05) is 0 Å². The molecule has 0 radical (unpaired) electrons. The largest absolute Gasteiger partial charge is 0.374 e. The van der Waals surface area contributed by atoms with Crippen molar-refractivity contribution in [2.45, 2.75) is 45.7 Å². The standard InChI is InChI=1S/C16H26N2/c1-13(2)17-11-15-9-4-5-10-16(15)18(3)12-14-7-6-8-14/h4-5,9-10,13-14,17H,6-8,11-12H2,1-3H3. The van der Waals surface area contributed by atoms with Crippen LogP contribution in [0, 0.1) is 5.92 Å². The molecule has 1 aromatic carbocycles. The summed E-state index contributed by atoms with van der Waals surface area (Å²) in [5.41, 5.74) is 2.80. The number of hydrogen-bond donors (Lipinski definition) is 1. The third-order valence-electron chi connectivity index (χ3n) is 3.86. The van der Waals surface area contributed by atoms with Crippen molar-refractivity contribution in [3.63, 3.8) is 0 Å². The number of nitrogens with one attached hydrogen (secondary N) is 1. The van der Waals surface area contributed by atoms with Gasteiger partial charge in [-0.1, -0.05) is 38.5 Å². The van der Waals surface area contributed by atoms with Gasteiger partial charge in [-0.15, -0.1) is 0 Å². The molecule has 0 saturated heterocycles. The van der Waals surface area contributed by atoms with Crippen molar-refractivity contribution >= 4 is 5.69 Å². The van der Waals surface area contributed by atoms with Crippen LogP contribution in [0.3, 0.4) is 0 Å². The SMILES string of the molecule is CC(C)NCc1ccccc1N(C)CC1CCC1. The van der Waals surface area contributed by atoms with Crippen LogP contribution in [0.15, 0.2) is 24.3 Å². The first-order chi connectivity index (χ1) is 8.66. The van der Waals surface area contributed by atoms with Crippen molar-refractivity contribution in [1.82, 2.24) is 5.32 Å². The Hall–Kier alpha value is -1.02. The summed E-state index contributed by atoms with van der Waals surface area (Å²) < 4.78 is 0. The Kier molecular flexibility index (Phi) is 4.65. The van der Waals surface area contributed by atoms with Gasteiger partial charge in [0.15, 0.2) is 0 Å². The van der Waals surface area contributed by atoms with E-state index in [-0.39, 0.29) is 0 Å². The second kappa shape index (κ2) is 6.24. The van der Waals surface area contributed by atoms with Crippen LogP contribution in [-0.4, -0.2) is 19.6 Å². The first kappa shape index (κ1) is 13.4. The van der Waals surface area contributed by atoms with Gasteiger partial charge >= 0.3 is 0 Å². The van der Waals surface area contributed by atoms with Crippen LogP contribution in [0.4, 0.5) is 5.69 Å². The first-order valence-electron chi connectivity index (χ1n) is 7.19. The zero-order chi connectivity index (χ0) is 13.0. The van der Waals surface area contributed by atoms with E-state index in [4.69, 9.17) is 0 Å². The number of rotatable bonds is 6. The van der Waals surface area contributed by atoms with Crippen LogP contribution < -0.4 is 10.2 Å². The Morgan fingerprint density at radius 2 is 2.00 bits per heavy atom. The summed E-state index contributed by atoms with van der Waals surface area (Å²) in [6, 6.07) is 9.30. The van der Waals surface area contributed by atoms with E-state index >= 15 is 0 Å². The van der Waals surface area contributed by atoms with Gasteiger partial charge in [0, 0.05) is 31.9 Å². The molecule has 0 spiro atoms. The van der Waals surface area contributed by atoms with Crippen molar-refractivity contribution in [2.75, 3.05) is 18.5 Å². The summed E-state index contributed by atoms with van der Waals surface area (Å²) >= 11 is 0. The average molecular weight is 246 g/mol. The van der Waals surface area contributed by atoms with Crippen molar-refractivity contribution in [2.24, 2.45) is 5.92 Å². The zero-order valence-electron chi connectivity index (χ0n) is 11.9. The van der Waals surface area contributed by atoms with E-state index in [1.165, 1.54) is 37.1 Å². The fraction of sp³-hybridized carbons (Fsp3) is 0.625. The predicted octanol–water partition coefficient (Wildman–Crippen LogP) is 3.42. The molecule has 0 amide bonds. The minimum atomic E-state index is 0.537. The maximum atomic E-state index is 3.51. The number of nitrogens with zero attached hydrogens (tertiary/aromatic N) is 1. The molecule has 18 heavy (non-hydrogen) atoms. The Labute approximate surface area is 111 Å². The average Bonchev–Trinajstić information content (AvgIpc) is 2.31. The van der Waals surface area contributed by atoms with E-state index in [2.05, 4.69) is 55.4 Å². The van der Waals surface area contributed by atoms with Gasteiger partial charge in [-0.2, -0.15) is 0 Å². The van der Waals surface area contributed by atoms with Gasteiger partial charge in [-0.05, 0) is 30.4 Å². The molecule has 0 unspecified atom stereocenters. The number of hydrogen-bond acceptors (Lipinski definition) is 2. The molecule has 0 aliphatic heterocycles. The Bertz CT molecular complexity index is 369. The molecule has 1 saturated carbocycles. The van der Waals surface area contributed by atoms with Gasteiger partial charge in [0.1, 0.15) is 0 Å². The maximum absolute atomic E-state index is 3.51. The molecule has 1 N–H and O–H groups in total. The first-order valence-corrected chi connectivity index (χ1v) is 7.19. The van der Waals surface area contributed by atoms with E-state index in [0.29, 0.717) is 6.04 Å². The fourth-order valence-electron chi connectivity index (χ4n) is 2.51. The minimum Gasteiger partial charge on any atom is -0.374 e. The third-order valence-corrected chi connectivity index (χ3v) is 3.86. The lowest BCUT2D eigenvalue weighted by Crippen LogP contribution is -2.30. The van der Waals surface area contributed by atoms with E-state index in [1.54, 1.807) is 0 Å². The highest BCUT2D eigenvalue weighted by Gasteiger charge is 2.20. The van der Waals surface area contributed by atoms with Gasteiger partial charge in [-0.3, -0.25) is 0 Å². The molecular formula is C16H26N2. The number of anilines is 1. The highest BCUT2D eigenvalue weighted by Crippen LogP contribution is 2.29. The summed E-state index contributed by atoms with van der Waals surface area (Å²) in [6.07, 6.45) is 4.25. The van der Waals surface area contributed by atoms with Crippen molar-refractivity contribution < 1.29 is 0 Å². The maximum Gasteiger partial charge on any atom is 0.0409 e. The molecular weight excluding hydrogens is 220 g/mol. The summed E-state index contributed by atoms with van der Waals surface area (Å²) in [5, 5.41) is 3.51. The van der Waals surface area contributed by atoms with Crippen LogP contribution >= 0.6 is 0 Å². The summed E-state index contributed by atoms with van der Waals surface area (Å²) in [5.74, 6) is 0.918. The minimum absolute atomic E-state index is 0.537. The molecule has 0 atom stereocenters. The molecule has 0 heterocycles. The highest BCUT2D eigenvalue weighted by molar-refractivity contribution is 5.53. The van der Waals surface area contributed by atoms with E-state index in [0.717, 1.165) is 12.5 Å². The second-order valence-corrected chi connectivity index (χ2v) is 5.84. The summed E-state index contributed by atoms with van der Waals surface area (Å²) in [7, 11) is 2.23. The zero-order valence-corrected chi connectivity index (χ0v) is 11.9. The third kappa shape index (κ3) is 3.49. The van der Waals surface area contributed by atoms with Crippen molar-refractivity contribution in [3.8, 4) is 0 Å². The quantitative estimate of drug-likeness (QED) is 0.827. The van der Waals surface area contributed by atoms with E-state index < -0.39 is 0 Å². The Morgan fingerprint density at radius 3 is 2.61 bits per heavy atom. The van der Waals surface area contributed by atoms with Crippen LogP contribution in [0.2, 0.25) is 0 Å². The van der Waals surface area contributed by atoms with E-state index in [9.17, 15) is 0 Å². The van der Waals surface area contributed by atoms with Crippen LogP contribution in [-0.2, 0) is 6.54 Å². The topological polar surface area (TPSA) is 15.3 Å². The summed E-state index contributed by atoms with van der Waals surface area (Å²) in [6.45, 7) is 6.56. The molecule has 2 nitrogen and oxygen atoms in total. The molecule has 1 aliphatic rings. The molecule has 1 fully saturated rings. The summed E-state index contributed by atoms with van der Waals surface area (Å²) in [4.78, 5) is 2.43. The number of benzene rings is 1. The molecule has 2 heteroatoms. The monoisotopic (exact) mass is 246 g/mol. The molecule has 1 aliphatic carbocycles. The van der Waals surface area contributed by atoms with Crippen LogP contribution in [0.5, 0.6) is 0 Å². The number of para-hydroxylation sites is 1. The lowest BCUT2D eigenvalue weighted by molar-refractivity contribution is 0.321. The van der Waals surface area contributed by atoms with Crippen LogP contribution in [0.1, 0.15) is 38.7 Å². The van der Waals surface area contributed by atoms with Gasteiger partial charge < -0.3 is 10.2 Å². The Balaban J connectivity index is 2.00. The molecule has 0 bridgehead atoms. The molecule has 100 valence electrons. The van der Waals surface area contributed by atoms with Gasteiger partial charge in [-0.25, -0.2) is 0 Å². The van der Waals surface area contributed by atoms with Gasteiger partial charge in [0.25, 0.3) is 0 Å². The Morgan fingerprint density at radius 1 is 1.28 bits per heavy atom. The smallest absolute Gasteiger partial charge is 0.0409 e. The second-order valence-electron chi connectivity index (χ2n) is 5.84. The van der Waals surface area contributed by atoms with Crippen molar-refractivity contribution in [1.29, 1.82) is 0 Å². The molecule has 1 aromatic rings. The van der Waals surface area contributed by atoms with Gasteiger partial charge in [0.2, 0.25) is 0 Å². The lowest BCUT2D eigenvalue weighted by Gasteiger charge is -2.32. The van der Waals surface area contributed by atoms with Crippen molar-refractivity contribution in [3.05, 3.63) is 29.8 Å². The van der Waals surface area contributed by atoms with Crippen LogP contribution in [0.25, 0.3) is 0 Å². The molecule has 2 rings (SSSR count). The lowest BCUT2D eigenvalue weighted by atomic mass is 9.85. The fourth-order valence-corrected chi connectivity index (χ4v) is 2.51. The highest BCUT2D eigenvalue weighted by atomic mass is 15.1.